The number of hydrogen-bond acceptors (Lipinski definition) is 5. The minimum Gasteiger partial charge on any atom is -0.485 e. The van der Waals surface area contributed by atoms with Gasteiger partial charge in [-0.15, -0.1) is 0 Å². The standard InChI is InChI=1S/C24H23FN2O4/c1-15-9-16(5-6-20(15)25)24(28)27-11-22-23(12-27)30-14-18(13-29-22)31-21-4-2-3-17-10-26-8-7-19(17)21/h2-10,18,22-23H,11-14H2,1H3/t22-,23-/m0/s1. The molecule has 0 N–H and O–H groups in total. The summed E-state index contributed by atoms with van der Waals surface area (Å²) < 4.78 is 31.8. The van der Waals surface area contributed by atoms with E-state index >= 15 is 0 Å². The number of fused-ring (bicyclic) bond motifs is 2. The van der Waals surface area contributed by atoms with Gasteiger partial charge in [0.15, 0.2) is 0 Å². The second kappa shape index (κ2) is 8.24. The van der Waals surface area contributed by atoms with Gasteiger partial charge in [-0.3, -0.25) is 9.78 Å². The minimum absolute atomic E-state index is 0.138. The predicted molar refractivity (Wildman–Crippen MR) is 113 cm³/mol. The molecular weight excluding hydrogens is 399 g/mol. The second-order valence-electron chi connectivity index (χ2n) is 8.01. The quantitative estimate of drug-likeness (QED) is 0.648. The first-order valence-corrected chi connectivity index (χ1v) is 10.4. The van der Waals surface area contributed by atoms with Crippen LogP contribution in [0.15, 0.2) is 54.9 Å². The Morgan fingerprint density at radius 1 is 1.13 bits per heavy atom. The fourth-order valence-electron chi connectivity index (χ4n) is 4.14. The summed E-state index contributed by atoms with van der Waals surface area (Å²) >= 11 is 0. The van der Waals surface area contributed by atoms with Crippen LogP contribution >= 0.6 is 0 Å². The topological polar surface area (TPSA) is 60.9 Å². The third kappa shape index (κ3) is 3.98. The molecule has 3 heterocycles. The molecule has 2 aliphatic rings. The van der Waals surface area contributed by atoms with Crippen LogP contribution in [0.4, 0.5) is 4.39 Å². The van der Waals surface area contributed by atoms with E-state index in [1.54, 1.807) is 30.3 Å². The van der Waals surface area contributed by atoms with Gasteiger partial charge in [0, 0.05) is 41.8 Å². The Bertz CT molecular complexity index is 1100. The highest BCUT2D eigenvalue weighted by molar-refractivity contribution is 5.94. The van der Waals surface area contributed by atoms with E-state index in [0.717, 1.165) is 16.5 Å². The van der Waals surface area contributed by atoms with Gasteiger partial charge in [-0.25, -0.2) is 4.39 Å². The molecule has 1 aromatic heterocycles. The van der Waals surface area contributed by atoms with Crippen molar-refractivity contribution in [3.05, 3.63) is 71.8 Å². The van der Waals surface area contributed by atoms with Crippen molar-refractivity contribution in [2.75, 3.05) is 26.3 Å². The Labute approximate surface area is 179 Å². The lowest BCUT2D eigenvalue weighted by Gasteiger charge is -2.20. The normalized spacial score (nSPS) is 21.7. The molecule has 0 aliphatic carbocycles. The maximum atomic E-state index is 13.5. The Kier molecular flexibility index (Phi) is 5.29. The van der Waals surface area contributed by atoms with Crippen LogP contribution in [-0.4, -0.2) is 60.4 Å². The molecule has 0 saturated carbocycles. The third-order valence-electron chi connectivity index (χ3n) is 5.83. The lowest BCUT2D eigenvalue weighted by atomic mass is 10.1. The number of ether oxygens (including phenoxy) is 3. The van der Waals surface area contributed by atoms with Crippen LogP contribution in [0.3, 0.4) is 0 Å². The SMILES string of the molecule is Cc1cc(C(=O)N2C[C@@H]3OCC(Oc4cccc5cnccc45)CO[C@H]3C2)ccc1F. The van der Waals surface area contributed by atoms with Gasteiger partial charge >= 0.3 is 0 Å². The molecule has 2 fully saturated rings. The van der Waals surface area contributed by atoms with Crippen molar-refractivity contribution in [3.8, 4) is 5.75 Å². The van der Waals surface area contributed by atoms with Gasteiger partial charge in [0.1, 0.15) is 29.9 Å². The Morgan fingerprint density at radius 2 is 1.90 bits per heavy atom. The van der Waals surface area contributed by atoms with E-state index in [9.17, 15) is 9.18 Å². The van der Waals surface area contributed by atoms with Crippen molar-refractivity contribution in [2.24, 2.45) is 0 Å². The number of nitrogens with zero attached hydrogens (tertiary/aromatic N) is 2. The molecule has 0 unspecified atom stereocenters. The molecule has 0 radical (unpaired) electrons. The number of carbonyl (C=O) groups is 1. The van der Waals surface area contributed by atoms with Crippen LogP contribution in [-0.2, 0) is 9.47 Å². The average molecular weight is 422 g/mol. The lowest BCUT2D eigenvalue weighted by molar-refractivity contribution is -0.00461. The highest BCUT2D eigenvalue weighted by Crippen LogP contribution is 2.28. The Morgan fingerprint density at radius 3 is 2.65 bits per heavy atom. The highest BCUT2D eigenvalue weighted by atomic mass is 19.1. The molecule has 160 valence electrons. The molecule has 2 aromatic carbocycles. The number of aryl methyl sites for hydroxylation is 1. The van der Waals surface area contributed by atoms with E-state index in [-0.39, 0.29) is 30.0 Å². The minimum atomic E-state index is -0.316. The molecule has 5 rings (SSSR count). The summed E-state index contributed by atoms with van der Waals surface area (Å²) in [7, 11) is 0. The molecule has 6 nitrogen and oxygen atoms in total. The Balaban J connectivity index is 1.23. The van der Waals surface area contributed by atoms with Crippen LogP contribution in [0, 0.1) is 12.7 Å². The van der Waals surface area contributed by atoms with Crippen LogP contribution in [0.5, 0.6) is 5.75 Å². The number of likely N-dealkylation sites (tertiary alicyclic amines) is 1. The van der Waals surface area contributed by atoms with Crippen molar-refractivity contribution in [2.45, 2.75) is 25.2 Å². The summed E-state index contributed by atoms with van der Waals surface area (Å²) in [6, 6.07) is 12.2. The zero-order valence-corrected chi connectivity index (χ0v) is 17.2. The maximum Gasteiger partial charge on any atom is 0.254 e. The largest absolute Gasteiger partial charge is 0.485 e. The number of halogens is 1. The number of amides is 1. The van der Waals surface area contributed by atoms with E-state index in [4.69, 9.17) is 14.2 Å². The fourth-order valence-corrected chi connectivity index (χ4v) is 4.14. The number of aromatic nitrogens is 1. The maximum absolute atomic E-state index is 13.5. The number of benzene rings is 2. The number of rotatable bonds is 3. The first kappa shape index (κ1) is 19.9. The number of pyridine rings is 1. The average Bonchev–Trinajstić information content (AvgIpc) is 3.11. The van der Waals surface area contributed by atoms with Crippen molar-refractivity contribution in [1.29, 1.82) is 0 Å². The molecule has 3 aromatic rings. The summed E-state index contributed by atoms with van der Waals surface area (Å²) in [5.74, 6) is 0.316. The van der Waals surface area contributed by atoms with E-state index in [1.165, 1.54) is 12.1 Å². The summed E-state index contributed by atoms with van der Waals surface area (Å²) in [6.45, 7) is 3.28. The van der Waals surface area contributed by atoms with Gasteiger partial charge in [0.2, 0.25) is 0 Å². The number of carbonyl (C=O) groups excluding carboxylic acids is 1. The van der Waals surface area contributed by atoms with E-state index in [2.05, 4.69) is 4.98 Å². The van der Waals surface area contributed by atoms with Crippen molar-refractivity contribution in [1.82, 2.24) is 9.88 Å². The van der Waals surface area contributed by atoms with Crippen molar-refractivity contribution >= 4 is 16.7 Å². The zero-order valence-electron chi connectivity index (χ0n) is 17.2. The first-order valence-electron chi connectivity index (χ1n) is 10.4. The summed E-state index contributed by atoms with van der Waals surface area (Å²) in [4.78, 5) is 18.7. The van der Waals surface area contributed by atoms with E-state index in [1.807, 2.05) is 24.3 Å². The molecule has 31 heavy (non-hydrogen) atoms. The second-order valence-corrected chi connectivity index (χ2v) is 8.01. The van der Waals surface area contributed by atoms with Crippen LogP contribution in [0.1, 0.15) is 15.9 Å². The summed E-state index contributed by atoms with van der Waals surface area (Å²) in [6.07, 6.45) is 2.88. The van der Waals surface area contributed by atoms with Crippen LogP contribution in [0.2, 0.25) is 0 Å². The van der Waals surface area contributed by atoms with E-state index in [0.29, 0.717) is 37.4 Å². The third-order valence-corrected chi connectivity index (χ3v) is 5.83. The molecule has 2 atom stereocenters. The van der Waals surface area contributed by atoms with Crippen molar-refractivity contribution in [3.63, 3.8) is 0 Å². The van der Waals surface area contributed by atoms with Gasteiger partial charge in [-0.1, -0.05) is 12.1 Å². The van der Waals surface area contributed by atoms with Gasteiger partial charge in [0.05, 0.1) is 13.2 Å². The van der Waals surface area contributed by atoms with E-state index < -0.39 is 0 Å². The monoisotopic (exact) mass is 422 g/mol. The lowest BCUT2D eigenvalue weighted by Crippen LogP contribution is -2.33. The molecule has 2 saturated heterocycles. The van der Waals surface area contributed by atoms with Crippen LogP contribution < -0.4 is 4.74 Å². The molecule has 2 aliphatic heterocycles. The molecule has 0 spiro atoms. The summed E-state index contributed by atoms with van der Waals surface area (Å²) in [5.41, 5.74) is 0.929. The van der Waals surface area contributed by atoms with Gasteiger partial charge in [0.25, 0.3) is 5.91 Å². The fraction of sp³-hybridized carbons (Fsp3) is 0.333. The van der Waals surface area contributed by atoms with Gasteiger partial charge in [-0.2, -0.15) is 0 Å². The van der Waals surface area contributed by atoms with Gasteiger partial charge < -0.3 is 19.1 Å². The smallest absolute Gasteiger partial charge is 0.254 e. The zero-order chi connectivity index (χ0) is 21.4. The predicted octanol–water partition coefficient (Wildman–Crippen LogP) is 3.37. The molecular formula is C24H23FN2O4. The summed E-state index contributed by atoms with van der Waals surface area (Å²) in [5, 5.41) is 2.01. The highest BCUT2D eigenvalue weighted by Gasteiger charge is 2.40. The van der Waals surface area contributed by atoms with Crippen molar-refractivity contribution < 1.29 is 23.4 Å². The number of hydrogen-bond donors (Lipinski definition) is 0. The molecule has 1 amide bonds. The Hall–Kier alpha value is -3.03. The molecule has 7 heteroatoms. The first-order chi connectivity index (χ1) is 15.1. The van der Waals surface area contributed by atoms with Crippen LogP contribution in [0.25, 0.3) is 10.8 Å². The molecule has 0 bridgehead atoms. The van der Waals surface area contributed by atoms with Gasteiger partial charge in [-0.05, 0) is 42.8 Å².